The predicted octanol–water partition coefficient (Wildman–Crippen LogP) is 3.82. The summed E-state index contributed by atoms with van der Waals surface area (Å²) in [5.41, 5.74) is 0.702. The molecule has 0 radical (unpaired) electrons. The van der Waals surface area contributed by atoms with Crippen molar-refractivity contribution in [2.45, 2.75) is 26.3 Å². The fourth-order valence-electron chi connectivity index (χ4n) is 1.81. The quantitative estimate of drug-likeness (QED) is 0.906. The highest BCUT2D eigenvalue weighted by atomic mass is 19.1. The molecular weight excluding hydrogens is 288 g/mol. The Morgan fingerprint density at radius 1 is 1.14 bits per heavy atom. The minimum atomic E-state index is -0.834. The molecule has 2 N–H and O–H groups in total. The Labute approximate surface area is 127 Å². The van der Waals surface area contributed by atoms with Crippen molar-refractivity contribution >= 4 is 17.3 Å². The van der Waals surface area contributed by atoms with E-state index in [0.717, 1.165) is 17.8 Å². The lowest BCUT2D eigenvalue weighted by Gasteiger charge is -2.21. The summed E-state index contributed by atoms with van der Waals surface area (Å²) in [4.78, 5) is 16.0. The Hall–Kier alpha value is -2.50. The summed E-state index contributed by atoms with van der Waals surface area (Å²) >= 11 is 0. The zero-order valence-electron chi connectivity index (χ0n) is 12.6. The number of aromatic nitrogens is 1. The van der Waals surface area contributed by atoms with Gasteiger partial charge >= 0.3 is 0 Å². The van der Waals surface area contributed by atoms with E-state index in [0.29, 0.717) is 6.07 Å². The summed E-state index contributed by atoms with van der Waals surface area (Å²) in [5.74, 6) is -2.10. The average molecular weight is 305 g/mol. The number of nitrogens with one attached hydrogen (secondary N) is 2. The van der Waals surface area contributed by atoms with Gasteiger partial charge in [0, 0.05) is 11.6 Å². The Morgan fingerprint density at radius 2 is 1.86 bits per heavy atom. The summed E-state index contributed by atoms with van der Waals surface area (Å²) in [6.45, 7) is 6.01. The molecule has 1 aromatic heterocycles. The van der Waals surface area contributed by atoms with Crippen molar-refractivity contribution in [2.24, 2.45) is 0 Å². The van der Waals surface area contributed by atoms with Gasteiger partial charge in [0.05, 0.1) is 17.6 Å². The fourth-order valence-corrected chi connectivity index (χ4v) is 1.81. The number of hydrogen-bond acceptors (Lipinski definition) is 3. The van der Waals surface area contributed by atoms with E-state index in [1.54, 1.807) is 6.07 Å². The zero-order valence-corrected chi connectivity index (χ0v) is 12.6. The molecule has 6 heteroatoms. The minimum Gasteiger partial charge on any atom is -0.379 e. The molecular formula is C16H17F2N3O. The number of anilines is 2. The Balaban J connectivity index is 2.10. The van der Waals surface area contributed by atoms with E-state index in [1.807, 2.05) is 20.8 Å². The smallest absolute Gasteiger partial charge is 0.274 e. The van der Waals surface area contributed by atoms with Crippen LogP contribution in [0.15, 0.2) is 36.5 Å². The van der Waals surface area contributed by atoms with Gasteiger partial charge in [0.15, 0.2) is 0 Å². The van der Waals surface area contributed by atoms with Gasteiger partial charge in [0.2, 0.25) is 0 Å². The van der Waals surface area contributed by atoms with Crippen molar-refractivity contribution in [1.29, 1.82) is 0 Å². The van der Waals surface area contributed by atoms with Gasteiger partial charge in [0.1, 0.15) is 17.3 Å². The third-order valence-corrected chi connectivity index (χ3v) is 2.69. The molecule has 1 heterocycles. The summed E-state index contributed by atoms with van der Waals surface area (Å²) in [7, 11) is 0. The number of benzene rings is 1. The van der Waals surface area contributed by atoms with Gasteiger partial charge in [-0.25, -0.2) is 13.8 Å². The van der Waals surface area contributed by atoms with Crippen molar-refractivity contribution in [3.8, 4) is 0 Å². The maximum atomic E-state index is 13.5. The van der Waals surface area contributed by atoms with Gasteiger partial charge in [-0.05, 0) is 45.0 Å². The van der Waals surface area contributed by atoms with Crippen LogP contribution in [0.4, 0.5) is 20.2 Å². The molecule has 0 unspecified atom stereocenters. The molecule has 1 aromatic carbocycles. The maximum absolute atomic E-state index is 13.5. The normalized spacial score (nSPS) is 11.1. The van der Waals surface area contributed by atoms with E-state index in [1.165, 1.54) is 12.3 Å². The lowest BCUT2D eigenvalue weighted by Crippen LogP contribution is -2.26. The number of carbonyl (C=O) groups is 1. The minimum absolute atomic E-state index is 0.0925. The van der Waals surface area contributed by atoms with Gasteiger partial charge in [-0.3, -0.25) is 4.79 Å². The highest BCUT2D eigenvalue weighted by Gasteiger charge is 2.13. The predicted molar refractivity (Wildman–Crippen MR) is 81.9 cm³/mol. The number of nitrogens with zero attached hydrogens (tertiary/aromatic N) is 1. The maximum Gasteiger partial charge on any atom is 0.274 e. The average Bonchev–Trinajstić information content (AvgIpc) is 2.41. The van der Waals surface area contributed by atoms with Crippen molar-refractivity contribution in [1.82, 2.24) is 4.98 Å². The first kappa shape index (κ1) is 15.9. The summed E-state index contributed by atoms with van der Waals surface area (Å²) < 4.78 is 26.3. The van der Waals surface area contributed by atoms with Crippen molar-refractivity contribution in [3.05, 3.63) is 53.9 Å². The van der Waals surface area contributed by atoms with Crippen LogP contribution < -0.4 is 10.6 Å². The van der Waals surface area contributed by atoms with Gasteiger partial charge in [-0.1, -0.05) is 0 Å². The van der Waals surface area contributed by atoms with E-state index >= 15 is 0 Å². The topological polar surface area (TPSA) is 54.0 Å². The van der Waals surface area contributed by atoms with Crippen LogP contribution in [0, 0.1) is 11.6 Å². The highest BCUT2D eigenvalue weighted by Crippen LogP contribution is 2.17. The highest BCUT2D eigenvalue weighted by molar-refractivity contribution is 6.03. The van der Waals surface area contributed by atoms with Crippen molar-refractivity contribution in [3.63, 3.8) is 0 Å². The molecule has 2 rings (SSSR count). The van der Waals surface area contributed by atoms with Crippen LogP contribution in [-0.4, -0.2) is 16.4 Å². The van der Waals surface area contributed by atoms with E-state index in [2.05, 4.69) is 15.6 Å². The largest absolute Gasteiger partial charge is 0.379 e. The molecule has 116 valence electrons. The van der Waals surface area contributed by atoms with Crippen molar-refractivity contribution < 1.29 is 13.6 Å². The van der Waals surface area contributed by atoms with E-state index < -0.39 is 17.5 Å². The van der Waals surface area contributed by atoms with Crippen LogP contribution in [0.1, 0.15) is 31.3 Å². The Kier molecular flexibility index (Phi) is 4.40. The number of hydrogen-bond donors (Lipinski definition) is 2. The molecule has 2 aromatic rings. The summed E-state index contributed by atoms with van der Waals surface area (Å²) in [6.07, 6.45) is 1.53. The van der Waals surface area contributed by atoms with Crippen LogP contribution in [0.5, 0.6) is 0 Å². The van der Waals surface area contributed by atoms with Gasteiger partial charge < -0.3 is 10.6 Å². The van der Waals surface area contributed by atoms with Crippen LogP contribution in [-0.2, 0) is 0 Å². The summed E-state index contributed by atoms with van der Waals surface area (Å²) in [5, 5.41) is 5.57. The molecule has 0 saturated carbocycles. The van der Waals surface area contributed by atoms with E-state index in [-0.39, 0.29) is 16.9 Å². The van der Waals surface area contributed by atoms with Gasteiger partial charge in [0.25, 0.3) is 5.91 Å². The molecule has 0 fully saturated rings. The molecule has 0 aliphatic heterocycles. The molecule has 0 saturated heterocycles. The number of rotatable bonds is 3. The second-order valence-corrected chi connectivity index (χ2v) is 5.89. The van der Waals surface area contributed by atoms with Crippen LogP contribution in [0.3, 0.4) is 0 Å². The standard InChI is InChI=1S/C16H17F2N3O/c1-16(2,3)21-11-5-7-14(19-9-11)15(22)20-13-6-4-10(17)8-12(13)18/h4-9,21H,1-3H3,(H,20,22). The van der Waals surface area contributed by atoms with Crippen LogP contribution >= 0.6 is 0 Å². The molecule has 4 nitrogen and oxygen atoms in total. The second kappa shape index (κ2) is 6.09. The van der Waals surface area contributed by atoms with Crippen LogP contribution in [0.25, 0.3) is 0 Å². The monoisotopic (exact) mass is 305 g/mol. The van der Waals surface area contributed by atoms with Gasteiger partial charge in [-0.2, -0.15) is 0 Å². The molecule has 0 aliphatic rings. The Bertz CT molecular complexity index is 679. The molecule has 0 bridgehead atoms. The zero-order chi connectivity index (χ0) is 16.3. The lowest BCUT2D eigenvalue weighted by molar-refractivity contribution is 0.102. The first-order chi connectivity index (χ1) is 10.2. The third-order valence-electron chi connectivity index (χ3n) is 2.69. The molecule has 0 aliphatic carbocycles. The number of halogens is 2. The fraction of sp³-hybridized carbons (Fsp3) is 0.250. The number of pyridine rings is 1. The Morgan fingerprint density at radius 3 is 2.41 bits per heavy atom. The van der Waals surface area contributed by atoms with E-state index in [4.69, 9.17) is 0 Å². The first-order valence-corrected chi connectivity index (χ1v) is 6.75. The molecule has 1 amide bonds. The summed E-state index contributed by atoms with van der Waals surface area (Å²) in [6, 6.07) is 6.19. The first-order valence-electron chi connectivity index (χ1n) is 6.75. The van der Waals surface area contributed by atoms with Crippen molar-refractivity contribution in [2.75, 3.05) is 10.6 Å². The van der Waals surface area contributed by atoms with Crippen LogP contribution in [0.2, 0.25) is 0 Å². The number of carbonyl (C=O) groups excluding carboxylic acids is 1. The number of amides is 1. The second-order valence-electron chi connectivity index (χ2n) is 5.89. The third kappa shape index (κ3) is 4.25. The molecule has 0 atom stereocenters. The SMILES string of the molecule is CC(C)(C)Nc1ccc(C(=O)Nc2ccc(F)cc2F)nc1. The molecule has 22 heavy (non-hydrogen) atoms. The van der Waals surface area contributed by atoms with Gasteiger partial charge in [-0.15, -0.1) is 0 Å². The van der Waals surface area contributed by atoms with E-state index in [9.17, 15) is 13.6 Å². The molecule has 0 spiro atoms. The lowest BCUT2D eigenvalue weighted by atomic mass is 10.1.